The van der Waals surface area contributed by atoms with Crippen LogP contribution in [0.15, 0.2) is 24.3 Å². The average Bonchev–Trinajstić information content (AvgIpc) is 3.08. The van der Waals surface area contributed by atoms with Gasteiger partial charge in [0.25, 0.3) is 0 Å². The predicted octanol–water partition coefficient (Wildman–Crippen LogP) is 4.79. The minimum absolute atomic E-state index is 0.111. The molecule has 0 unspecified atom stereocenters. The van der Waals surface area contributed by atoms with Gasteiger partial charge in [0.1, 0.15) is 0 Å². The fraction of sp³-hybridized carbons (Fsp3) is 0.650. The highest BCUT2D eigenvalue weighted by Crippen LogP contribution is 2.39. The largest absolute Gasteiger partial charge is 0.335 e. The van der Waals surface area contributed by atoms with Gasteiger partial charge in [0.05, 0.1) is 0 Å². The first kappa shape index (κ1) is 17.2. The summed E-state index contributed by atoms with van der Waals surface area (Å²) in [6.07, 6.45) is 11.7. The first-order valence-electron chi connectivity index (χ1n) is 9.79. The van der Waals surface area contributed by atoms with Gasteiger partial charge < -0.3 is 10.6 Å². The Balaban J connectivity index is 1.35. The minimum Gasteiger partial charge on any atom is -0.335 e. The first-order valence-corrected chi connectivity index (χ1v) is 10.2. The van der Waals surface area contributed by atoms with E-state index in [0.717, 1.165) is 24.6 Å². The molecular formula is C20H28ClN3O. The predicted molar refractivity (Wildman–Crippen MR) is 102 cm³/mol. The summed E-state index contributed by atoms with van der Waals surface area (Å²) in [4.78, 5) is 15.2. The van der Waals surface area contributed by atoms with Crippen LogP contribution in [0.1, 0.15) is 57.8 Å². The Morgan fingerprint density at radius 3 is 2.36 bits per heavy atom. The maximum atomic E-state index is 12.4. The molecule has 0 spiro atoms. The lowest BCUT2D eigenvalue weighted by molar-refractivity contribution is -0.00680. The lowest BCUT2D eigenvalue weighted by atomic mass is 9.80. The van der Waals surface area contributed by atoms with Crippen LogP contribution in [0, 0.1) is 0 Å². The SMILES string of the molecule is O=C(Nc1cccc(Cl)c1)NC1C[C@H]2CCC[C@H](C1)N2C1CCCC1. The summed E-state index contributed by atoms with van der Waals surface area (Å²) < 4.78 is 0. The Morgan fingerprint density at radius 1 is 1.00 bits per heavy atom. The number of piperidine rings is 2. The van der Waals surface area contributed by atoms with Crippen molar-refractivity contribution >= 4 is 23.3 Å². The third kappa shape index (κ3) is 3.95. The minimum atomic E-state index is -0.111. The van der Waals surface area contributed by atoms with Crippen molar-refractivity contribution in [1.82, 2.24) is 10.2 Å². The van der Waals surface area contributed by atoms with Gasteiger partial charge in [0, 0.05) is 34.9 Å². The molecule has 2 saturated heterocycles. The number of carbonyl (C=O) groups is 1. The first-order chi connectivity index (χ1) is 12.2. The number of urea groups is 1. The lowest BCUT2D eigenvalue weighted by Crippen LogP contribution is -2.59. The number of nitrogens with zero attached hydrogens (tertiary/aromatic N) is 1. The van der Waals surface area contributed by atoms with E-state index in [1.165, 1.54) is 44.9 Å². The van der Waals surface area contributed by atoms with E-state index >= 15 is 0 Å². The summed E-state index contributed by atoms with van der Waals surface area (Å²) in [7, 11) is 0. The van der Waals surface area contributed by atoms with E-state index in [1.807, 2.05) is 18.2 Å². The van der Waals surface area contributed by atoms with E-state index in [-0.39, 0.29) is 12.1 Å². The summed E-state index contributed by atoms with van der Waals surface area (Å²) in [6, 6.07) is 9.59. The molecule has 3 fully saturated rings. The number of anilines is 1. The van der Waals surface area contributed by atoms with E-state index in [9.17, 15) is 4.79 Å². The molecule has 1 aromatic rings. The molecule has 0 aromatic heterocycles. The summed E-state index contributed by atoms with van der Waals surface area (Å²) >= 11 is 5.99. The van der Waals surface area contributed by atoms with Crippen molar-refractivity contribution in [2.24, 2.45) is 0 Å². The molecule has 2 amide bonds. The zero-order chi connectivity index (χ0) is 17.2. The molecule has 1 aromatic carbocycles. The maximum Gasteiger partial charge on any atom is 0.319 e. The molecule has 1 saturated carbocycles. The van der Waals surface area contributed by atoms with Crippen LogP contribution in [0.4, 0.5) is 10.5 Å². The molecule has 2 heterocycles. The van der Waals surface area contributed by atoms with Gasteiger partial charge in [-0.05, 0) is 56.7 Å². The topological polar surface area (TPSA) is 44.4 Å². The van der Waals surface area contributed by atoms with E-state index in [2.05, 4.69) is 15.5 Å². The molecule has 2 atom stereocenters. The van der Waals surface area contributed by atoms with Crippen LogP contribution in [-0.2, 0) is 0 Å². The van der Waals surface area contributed by atoms with Crippen LogP contribution in [0.5, 0.6) is 0 Å². The Bertz CT molecular complexity index is 603. The third-order valence-corrected chi connectivity index (χ3v) is 6.43. The van der Waals surface area contributed by atoms with Crippen LogP contribution >= 0.6 is 11.6 Å². The van der Waals surface area contributed by atoms with Gasteiger partial charge in [0.15, 0.2) is 0 Å². The number of fused-ring (bicyclic) bond motifs is 2. The van der Waals surface area contributed by atoms with Gasteiger partial charge in [0.2, 0.25) is 0 Å². The van der Waals surface area contributed by atoms with E-state index in [1.54, 1.807) is 6.07 Å². The number of benzene rings is 1. The van der Waals surface area contributed by atoms with Gasteiger partial charge in [-0.15, -0.1) is 0 Å². The normalized spacial score (nSPS) is 30.2. The van der Waals surface area contributed by atoms with Crippen molar-refractivity contribution in [2.75, 3.05) is 5.32 Å². The highest BCUT2D eigenvalue weighted by Gasteiger charge is 2.42. The van der Waals surface area contributed by atoms with Crippen molar-refractivity contribution in [1.29, 1.82) is 0 Å². The number of rotatable bonds is 3. The molecule has 136 valence electrons. The molecule has 2 aliphatic heterocycles. The second-order valence-electron chi connectivity index (χ2n) is 7.90. The maximum absolute atomic E-state index is 12.4. The number of hydrogen-bond donors (Lipinski definition) is 2. The average molecular weight is 362 g/mol. The standard InChI is InChI=1S/C20H28ClN3O/c21-14-5-3-6-15(11-14)22-20(25)23-16-12-18-9-4-10-19(13-16)24(18)17-7-1-2-8-17/h3,5-6,11,16-19H,1-2,4,7-10,12-13H2,(H2,22,23,25)/t18-,19-/m1/s1. The van der Waals surface area contributed by atoms with Gasteiger partial charge in [-0.3, -0.25) is 4.90 Å². The molecule has 3 aliphatic rings. The summed E-state index contributed by atoms with van der Waals surface area (Å²) in [5.74, 6) is 0. The molecule has 5 heteroatoms. The number of amides is 2. The van der Waals surface area contributed by atoms with Crippen LogP contribution in [0.2, 0.25) is 5.02 Å². The Labute approximate surface area is 155 Å². The molecule has 2 bridgehead atoms. The number of carbonyl (C=O) groups excluding carboxylic acids is 1. The zero-order valence-electron chi connectivity index (χ0n) is 14.7. The van der Waals surface area contributed by atoms with Crippen molar-refractivity contribution in [3.63, 3.8) is 0 Å². The van der Waals surface area contributed by atoms with Crippen LogP contribution in [0.25, 0.3) is 0 Å². The highest BCUT2D eigenvalue weighted by atomic mass is 35.5. The molecule has 0 radical (unpaired) electrons. The second-order valence-corrected chi connectivity index (χ2v) is 8.34. The van der Waals surface area contributed by atoms with Crippen LogP contribution in [0.3, 0.4) is 0 Å². The molecular weight excluding hydrogens is 334 g/mol. The van der Waals surface area contributed by atoms with Crippen molar-refractivity contribution in [2.45, 2.75) is 82.0 Å². The van der Waals surface area contributed by atoms with Crippen molar-refractivity contribution in [3.8, 4) is 0 Å². The Morgan fingerprint density at radius 2 is 1.68 bits per heavy atom. The van der Waals surface area contributed by atoms with Crippen LogP contribution < -0.4 is 10.6 Å². The zero-order valence-corrected chi connectivity index (χ0v) is 15.5. The quantitative estimate of drug-likeness (QED) is 0.812. The van der Waals surface area contributed by atoms with Gasteiger partial charge in [-0.1, -0.05) is 36.9 Å². The van der Waals surface area contributed by atoms with E-state index in [4.69, 9.17) is 11.6 Å². The summed E-state index contributed by atoms with van der Waals surface area (Å²) in [5, 5.41) is 6.76. The van der Waals surface area contributed by atoms with Gasteiger partial charge in [-0.25, -0.2) is 4.79 Å². The number of halogens is 1. The fourth-order valence-electron chi connectivity index (χ4n) is 5.25. The molecule has 4 nitrogen and oxygen atoms in total. The monoisotopic (exact) mass is 361 g/mol. The fourth-order valence-corrected chi connectivity index (χ4v) is 5.44. The molecule has 1 aliphatic carbocycles. The van der Waals surface area contributed by atoms with E-state index < -0.39 is 0 Å². The number of nitrogens with one attached hydrogen (secondary N) is 2. The van der Waals surface area contributed by atoms with E-state index in [0.29, 0.717) is 17.1 Å². The molecule has 2 N–H and O–H groups in total. The van der Waals surface area contributed by atoms with Crippen molar-refractivity contribution in [3.05, 3.63) is 29.3 Å². The summed E-state index contributed by atoms with van der Waals surface area (Å²) in [6.45, 7) is 0. The molecule has 4 rings (SSSR count). The highest BCUT2D eigenvalue weighted by molar-refractivity contribution is 6.30. The Kier molecular flexibility index (Phi) is 5.18. The summed E-state index contributed by atoms with van der Waals surface area (Å²) in [5.41, 5.74) is 0.744. The lowest BCUT2D eigenvalue weighted by Gasteiger charge is -2.51. The third-order valence-electron chi connectivity index (χ3n) is 6.20. The Hall–Kier alpha value is -1.26. The second kappa shape index (κ2) is 7.55. The number of hydrogen-bond acceptors (Lipinski definition) is 2. The van der Waals surface area contributed by atoms with Gasteiger partial charge >= 0.3 is 6.03 Å². The van der Waals surface area contributed by atoms with Crippen molar-refractivity contribution < 1.29 is 4.79 Å². The van der Waals surface area contributed by atoms with Gasteiger partial charge in [-0.2, -0.15) is 0 Å². The molecule has 25 heavy (non-hydrogen) atoms. The smallest absolute Gasteiger partial charge is 0.319 e. The van der Waals surface area contributed by atoms with Crippen LogP contribution in [-0.4, -0.2) is 35.1 Å².